The van der Waals surface area contributed by atoms with E-state index in [4.69, 9.17) is 10.5 Å². The Morgan fingerprint density at radius 1 is 1.25 bits per heavy atom. The number of nitrogen functional groups attached to an aromatic ring is 1. The van der Waals surface area contributed by atoms with Gasteiger partial charge in [-0.2, -0.15) is 0 Å². The van der Waals surface area contributed by atoms with E-state index in [9.17, 15) is 4.21 Å². The summed E-state index contributed by atoms with van der Waals surface area (Å²) in [5, 5.41) is 0. The largest absolute Gasteiger partial charge is 0.497 e. The van der Waals surface area contributed by atoms with E-state index in [2.05, 4.69) is 15.9 Å². The number of halogens is 1. The summed E-state index contributed by atoms with van der Waals surface area (Å²) < 4.78 is 18.6. The first-order chi connectivity index (χ1) is 9.51. The zero-order chi connectivity index (χ0) is 14.7. The molecule has 0 aliphatic rings. The lowest BCUT2D eigenvalue weighted by Gasteiger charge is -2.09. The van der Waals surface area contributed by atoms with E-state index in [1.807, 2.05) is 37.3 Å². The highest BCUT2D eigenvalue weighted by Gasteiger charge is 2.11. The van der Waals surface area contributed by atoms with Crippen LogP contribution in [0.3, 0.4) is 0 Å². The Balaban J connectivity index is 2.27. The Hall–Kier alpha value is -1.33. The summed E-state index contributed by atoms with van der Waals surface area (Å²) in [6, 6.07) is 11.1. The minimum atomic E-state index is -1.12. The molecular formula is C15H16BrNO2S. The zero-order valence-electron chi connectivity index (χ0n) is 11.4. The van der Waals surface area contributed by atoms with Gasteiger partial charge in [-0.1, -0.05) is 15.9 Å². The third-order valence-corrected chi connectivity index (χ3v) is 5.28. The van der Waals surface area contributed by atoms with Gasteiger partial charge in [0.25, 0.3) is 0 Å². The van der Waals surface area contributed by atoms with Crippen molar-refractivity contribution < 1.29 is 8.95 Å². The van der Waals surface area contributed by atoms with E-state index in [1.165, 1.54) is 0 Å². The first kappa shape index (κ1) is 15.1. The number of nitrogens with two attached hydrogens (primary N) is 1. The van der Waals surface area contributed by atoms with Gasteiger partial charge in [0.2, 0.25) is 0 Å². The number of rotatable bonds is 4. The van der Waals surface area contributed by atoms with Crippen LogP contribution in [-0.4, -0.2) is 11.3 Å². The third-order valence-electron chi connectivity index (χ3n) is 2.98. The highest BCUT2D eigenvalue weighted by Crippen LogP contribution is 2.26. The lowest BCUT2D eigenvalue weighted by molar-refractivity contribution is 0.414. The van der Waals surface area contributed by atoms with Gasteiger partial charge in [0.15, 0.2) is 0 Å². The summed E-state index contributed by atoms with van der Waals surface area (Å²) in [4.78, 5) is 0.814. The van der Waals surface area contributed by atoms with Gasteiger partial charge in [-0.25, -0.2) is 0 Å². The van der Waals surface area contributed by atoms with Crippen molar-refractivity contribution in [2.75, 3.05) is 12.8 Å². The smallest absolute Gasteiger partial charge is 0.119 e. The number of hydrogen-bond donors (Lipinski definition) is 1. The number of ether oxygens (including phenoxy) is 1. The van der Waals surface area contributed by atoms with Crippen LogP contribution in [0.15, 0.2) is 45.8 Å². The van der Waals surface area contributed by atoms with Crippen LogP contribution in [0, 0.1) is 6.92 Å². The predicted molar refractivity (Wildman–Crippen MR) is 86.4 cm³/mol. The van der Waals surface area contributed by atoms with Crippen LogP contribution >= 0.6 is 15.9 Å². The Morgan fingerprint density at radius 2 is 2.00 bits per heavy atom. The molecule has 2 aromatic carbocycles. The summed E-state index contributed by atoms with van der Waals surface area (Å²) >= 11 is 3.48. The topological polar surface area (TPSA) is 52.3 Å². The molecule has 2 N–H and O–H groups in total. The second-order valence-electron chi connectivity index (χ2n) is 4.47. The molecule has 0 saturated carbocycles. The highest BCUT2D eigenvalue weighted by molar-refractivity contribution is 9.10. The third kappa shape index (κ3) is 3.41. The molecule has 0 heterocycles. The van der Waals surface area contributed by atoms with Gasteiger partial charge < -0.3 is 10.5 Å². The molecule has 0 amide bonds. The molecule has 1 atom stereocenters. The van der Waals surface area contributed by atoms with Crippen LogP contribution in [0.2, 0.25) is 0 Å². The Morgan fingerprint density at radius 3 is 2.65 bits per heavy atom. The summed E-state index contributed by atoms with van der Waals surface area (Å²) in [5.74, 6) is 1.19. The monoisotopic (exact) mass is 353 g/mol. The quantitative estimate of drug-likeness (QED) is 0.853. The van der Waals surface area contributed by atoms with Gasteiger partial charge >= 0.3 is 0 Å². The molecule has 0 bridgehead atoms. The van der Waals surface area contributed by atoms with Gasteiger partial charge in [-0.15, -0.1) is 0 Å². The van der Waals surface area contributed by atoms with E-state index < -0.39 is 10.8 Å². The van der Waals surface area contributed by atoms with Crippen LogP contribution in [0.1, 0.15) is 11.1 Å². The molecule has 0 aliphatic heterocycles. The molecule has 3 nitrogen and oxygen atoms in total. The number of anilines is 1. The Kier molecular flexibility index (Phi) is 4.83. The fourth-order valence-corrected chi connectivity index (χ4v) is 3.82. The van der Waals surface area contributed by atoms with Crippen molar-refractivity contribution >= 4 is 32.4 Å². The molecule has 5 heteroatoms. The zero-order valence-corrected chi connectivity index (χ0v) is 13.8. The van der Waals surface area contributed by atoms with Crippen molar-refractivity contribution in [1.82, 2.24) is 0 Å². The molecule has 0 fully saturated rings. The van der Waals surface area contributed by atoms with Crippen molar-refractivity contribution in [2.24, 2.45) is 0 Å². The van der Waals surface area contributed by atoms with Crippen molar-refractivity contribution in [1.29, 1.82) is 0 Å². The van der Waals surface area contributed by atoms with Crippen LogP contribution in [0.25, 0.3) is 0 Å². The standard InChI is InChI=1S/C15H16BrNO2S/c1-10-7-12(17)3-6-15(10)20(18)9-11-8-13(19-2)4-5-14(11)16/h3-8H,9,17H2,1-2H3. The van der Waals surface area contributed by atoms with Crippen LogP contribution in [0.4, 0.5) is 5.69 Å². The highest BCUT2D eigenvalue weighted by atomic mass is 79.9. The predicted octanol–water partition coefficient (Wildman–Crippen LogP) is 3.66. The maximum atomic E-state index is 12.5. The normalized spacial score (nSPS) is 12.2. The lowest BCUT2D eigenvalue weighted by atomic mass is 10.2. The van der Waals surface area contributed by atoms with Gasteiger partial charge in [0.1, 0.15) is 5.75 Å². The Bertz CT molecular complexity index is 658. The fraction of sp³-hybridized carbons (Fsp3) is 0.200. The first-order valence-electron chi connectivity index (χ1n) is 6.08. The van der Waals surface area contributed by atoms with E-state index in [-0.39, 0.29) is 0 Å². The molecule has 1 unspecified atom stereocenters. The summed E-state index contributed by atoms with van der Waals surface area (Å²) in [7, 11) is 0.503. The average Bonchev–Trinajstić information content (AvgIpc) is 2.41. The average molecular weight is 354 g/mol. The molecule has 2 rings (SSSR count). The second kappa shape index (κ2) is 6.41. The molecular weight excluding hydrogens is 338 g/mol. The number of methoxy groups -OCH3 is 1. The van der Waals surface area contributed by atoms with E-state index >= 15 is 0 Å². The minimum absolute atomic E-state index is 0.433. The van der Waals surface area contributed by atoms with E-state index in [1.54, 1.807) is 13.2 Å². The van der Waals surface area contributed by atoms with Gasteiger partial charge in [-0.05, 0) is 54.4 Å². The molecule has 0 aromatic heterocycles. The molecule has 0 saturated heterocycles. The summed E-state index contributed by atoms with van der Waals surface area (Å²) in [6.45, 7) is 1.92. The lowest BCUT2D eigenvalue weighted by Crippen LogP contribution is -2.01. The van der Waals surface area contributed by atoms with Crippen LogP contribution in [0.5, 0.6) is 5.75 Å². The molecule has 20 heavy (non-hydrogen) atoms. The summed E-state index contributed by atoms with van der Waals surface area (Å²) in [5.41, 5.74) is 8.31. The van der Waals surface area contributed by atoms with Crippen molar-refractivity contribution in [3.8, 4) is 5.75 Å². The molecule has 106 valence electrons. The number of benzene rings is 2. The number of aryl methyl sites for hydroxylation is 1. The SMILES string of the molecule is COc1ccc(Br)c(CS(=O)c2ccc(N)cc2C)c1. The van der Waals surface area contributed by atoms with Gasteiger partial charge in [0.05, 0.1) is 23.7 Å². The van der Waals surface area contributed by atoms with Crippen molar-refractivity contribution in [3.63, 3.8) is 0 Å². The van der Waals surface area contributed by atoms with Gasteiger partial charge in [-0.3, -0.25) is 4.21 Å². The maximum Gasteiger partial charge on any atom is 0.119 e. The first-order valence-corrected chi connectivity index (χ1v) is 8.19. The number of hydrogen-bond acceptors (Lipinski definition) is 3. The Labute approximate surface area is 129 Å². The molecule has 0 spiro atoms. The fourth-order valence-electron chi connectivity index (χ4n) is 1.94. The molecule has 0 radical (unpaired) electrons. The maximum absolute atomic E-state index is 12.5. The summed E-state index contributed by atoms with van der Waals surface area (Å²) in [6.07, 6.45) is 0. The van der Waals surface area contributed by atoms with Crippen molar-refractivity contribution in [3.05, 3.63) is 52.0 Å². The van der Waals surface area contributed by atoms with Crippen LogP contribution < -0.4 is 10.5 Å². The second-order valence-corrected chi connectivity index (χ2v) is 6.75. The van der Waals surface area contributed by atoms with E-state index in [0.717, 1.165) is 26.2 Å². The minimum Gasteiger partial charge on any atom is -0.497 e. The van der Waals surface area contributed by atoms with Crippen molar-refractivity contribution in [2.45, 2.75) is 17.6 Å². The molecule has 0 aliphatic carbocycles. The molecule has 2 aromatic rings. The van der Waals surface area contributed by atoms with E-state index in [0.29, 0.717) is 11.4 Å². The van der Waals surface area contributed by atoms with Crippen LogP contribution in [-0.2, 0) is 16.6 Å². The van der Waals surface area contributed by atoms with Gasteiger partial charge in [0, 0.05) is 15.1 Å².